The number of unbranched alkanes of at least 4 members (excludes halogenated alkanes) is 3. The van der Waals surface area contributed by atoms with E-state index in [2.05, 4.69) is 53.2 Å². The second-order valence-electron chi connectivity index (χ2n) is 24.1. The molecule has 26 heteroatoms. The van der Waals surface area contributed by atoms with Gasteiger partial charge in [0.2, 0.25) is 59.1 Å². The van der Waals surface area contributed by atoms with E-state index in [1.165, 1.54) is 20.8 Å². The standard InChI is InChI=1S/C60H106N14O12/c1-34(2)29-46(57(82)70-45(25-17-20-28-63)56(81)68-43(23-15-18-26-61)54(79)67-40(11)52(77)74-49(60(85)86)32-37(7)8)71-51(76)39(10)66-55(80)44(24-16-19-27-62)69-58(83)48(31-36(5)6)73-59(84)47(30-35(3)4)72-50(75)38(9)65-53(78)42(64)33-41-21-13-12-14-22-41/h12-14,21-22,34-40,42-49H,15-20,23-33,61-64H2,1-11H3,(H,65,78)(H,66,80)(H,67,79)(H,68,81)(H,69,83)(H,70,82)(H,71,76)(H,72,75)(H,73,84)(H,74,77)(H,85,86)/t38-,39-,40-,42-,43-,44-,45-,46-,47-,48-,49-/m0/s1. The summed E-state index contributed by atoms with van der Waals surface area (Å²) < 4.78 is 0. The topological polar surface area (TPSA) is 432 Å². The van der Waals surface area contributed by atoms with Gasteiger partial charge in [0, 0.05) is 0 Å². The highest BCUT2D eigenvalue weighted by Crippen LogP contribution is 2.14. The molecule has 0 bridgehead atoms. The van der Waals surface area contributed by atoms with Crippen molar-refractivity contribution in [3.63, 3.8) is 0 Å². The zero-order valence-corrected chi connectivity index (χ0v) is 52.8. The van der Waals surface area contributed by atoms with E-state index in [4.69, 9.17) is 22.9 Å². The number of carbonyl (C=O) groups is 11. The van der Waals surface area contributed by atoms with Gasteiger partial charge < -0.3 is 81.2 Å². The third kappa shape index (κ3) is 31.0. The Labute approximate surface area is 509 Å². The van der Waals surface area contributed by atoms with Crippen molar-refractivity contribution in [1.29, 1.82) is 0 Å². The lowest BCUT2D eigenvalue weighted by Crippen LogP contribution is -2.60. The Morgan fingerprint density at radius 1 is 0.349 bits per heavy atom. The summed E-state index contributed by atoms with van der Waals surface area (Å²) in [4.78, 5) is 150. The summed E-state index contributed by atoms with van der Waals surface area (Å²) in [5.41, 5.74) is 24.3. The molecule has 0 aromatic heterocycles. The van der Waals surface area contributed by atoms with Crippen molar-refractivity contribution in [2.45, 2.75) is 233 Å². The van der Waals surface area contributed by atoms with Crippen molar-refractivity contribution in [3.05, 3.63) is 35.9 Å². The maximum atomic E-state index is 14.2. The van der Waals surface area contributed by atoms with Crippen LogP contribution in [0.2, 0.25) is 0 Å². The van der Waals surface area contributed by atoms with Crippen LogP contribution in [0.15, 0.2) is 30.3 Å². The molecule has 0 heterocycles. The number of aliphatic carboxylic acids is 1. The zero-order valence-electron chi connectivity index (χ0n) is 52.8. The van der Waals surface area contributed by atoms with Crippen LogP contribution in [-0.2, 0) is 59.2 Å². The first-order valence-electron chi connectivity index (χ1n) is 30.6. The molecule has 0 aliphatic heterocycles. The Kier molecular flexibility index (Phi) is 37.1. The number of benzene rings is 1. The lowest BCUT2D eigenvalue weighted by Gasteiger charge is -2.28. The first-order valence-corrected chi connectivity index (χ1v) is 30.6. The van der Waals surface area contributed by atoms with Crippen LogP contribution in [0.25, 0.3) is 0 Å². The molecule has 0 fully saturated rings. The average molecular weight is 1220 g/mol. The lowest BCUT2D eigenvalue weighted by molar-refractivity contribution is -0.142. The molecule has 0 radical (unpaired) electrons. The van der Waals surface area contributed by atoms with Crippen molar-refractivity contribution >= 4 is 65.0 Å². The van der Waals surface area contributed by atoms with Crippen LogP contribution in [-0.4, -0.2) is 156 Å². The maximum Gasteiger partial charge on any atom is 0.326 e. The minimum absolute atomic E-state index is 0.0504. The Hall–Kier alpha value is -6.77. The lowest BCUT2D eigenvalue weighted by atomic mass is 9.99. The molecular formula is C60H106N14O12. The first kappa shape index (κ1) is 77.2. The van der Waals surface area contributed by atoms with Crippen molar-refractivity contribution in [2.75, 3.05) is 19.6 Å². The summed E-state index contributed by atoms with van der Waals surface area (Å²) in [6, 6.07) is -3.69. The van der Waals surface area contributed by atoms with Crippen LogP contribution >= 0.6 is 0 Å². The molecule has 1 rings (SSSR count). The van der Waals surface area contributed by atoms with Gasteiger partial charge in [0.25, 0.3) is 0 Å². The molecule has 11 atom stereocenters. The second kappa shape index (κ2) is 41.3. The molecule has 10 amide bonds. The third-order valence-electron chi connectivity index (χ3n) is 14.0. The number of nitrogens with two attached hydrogens (primary N) is 4. The van der Waals surface area contributed by atoms with Gasteiger partial charge in [0.1, 0.15) is 60.4 Å². The monoisotopic (exact) mass is 1210 g/mol. The molecule has 26 nitrogen and oxygen atoms in total. The van der Waals surface area contributed by atoms with Gasteiger partial charge in [-0.3, -0.25) is 47.9 Å². The van der Waals surface area contributed by atoms with Crippen LogP contribution in [0.1, 0.15) is 165 Å². The Bertz CT molecular complexity index is 2310. The van der Waals surface area contributed by atoms with Gasteiger partial charge in [-0.05, 0) is 160 Å². The number of nitrogens with one attached hydrogen (secondary N) is 10. The molecule has 0 aliphatic carbocycles. The van der Waals surface area contributed by atoms with Crippen LogP contribution in [0.5, 0.6) is 0 Å². The first-order chi connectivity index (χ1) is 40.4. The van der Waals surface area contributed by atoms with Crippen LogP contribution in [0, 0.1) is 23.7 Å². The third-order valence-corrected chi connectivity index (χ3v) is 14.0. The minimum atomic E-state index is -1.27. The number of carboxylic acids is 1. The Morgan fingerprint density at radius 3 is 0.907 bits per heavy atom. The van der Waals surface area contributed by atoms with E-state index in [-0.39, 0.29) is 88.1 Å². The number of hydrogen-bond donors (Lipinski definition) is 15. The molecule has 0 saturated carbocycles. The highest BCUT2D eigenvalue weighted by molar-refractivity contribution is 5.98. The predicted molar refractivity (Wildman–Crippen MR) is 329 cm³/mol. The maximum absolute atomic E-state index is 14.2. The smallest absolute Gasteiger partial charge is 0.326 e. The average Bonchev–Trinajstić information content (AvgIpc) is 3.17. The summed E-state index contributed by atoms with van der Waals surface area (Å²) in [5, 5.41) is 36.3. The summed E-state index contributed by atoms with van der Waals surface area (Å²) in [5.74, 6) is -8.70. The molecule has 0 saturated heterocycles. The molecule has 0 unspecified atom stereocenters. The Morgan fingerprint density at radius 2 is 0.605 bits per heavy atom. The molecule has 488 valence electrons. The fourth-order valence-corrected chi connectivity index (χ4v) is 9.17. The van der Waals surface area contributed by atoms with Gasteiger partial charge in [-0.2, -0.15) is 0 Å². The van der Waals surface area contributed by atoms with Crippen molar-refractivity contribution in [1.82, 2.24) is 53.2 Å². The van der Waals surface area contributed by atoms with Crippen molar-refractivity contribution in [3.8, 4) is 0 Å². The van der Waals surface area contributed by atoms with E-state index in [1.54, 1.807) is 13.8 Å². The van der Waals surface area contributed by atoms with Crippen LogP contribution in [0.4, 0.5) is 0 Å². The molecule has 19 N–H and O–H groups in total. The molecule has 1 aromatic rings. The van der Waals surface area contributed by atoms with Gasteiger partial charge >= 0.3 is 5.97 Å². The Balaban J connectivity index is 3.34. The molecule has 0 spiro atoms. The normalized spacial score (nSPS) is 15.2. The van der Waals surface area contributed by atoms with Gasteiger partial charge in [-0.25, -0.2) is 4.79 Å². The highest BCUT2D eigenvalue weighted by Gasteiger charge is 2.35. The molecule has 86 heavy (non-hydrogen) atoms. The number of carbonyl (C=O) groups excluding carboxylic acids is 10. The van der Waals surface area contributed by atoms with E-state index in [1.807, 2.05) is 71.9 Å². The second-order valence-corrected chi connectivity index (χ2v) is 24.1. The summed E-state index contributed by atoms with van der Waals surface area (Å²) >= 11 is 0. The fraction of sp³-hybridized carbons (Fsp3) is 0.717. The SMILES string of the molecule is CC(C)C[C@H](NC(=O)[C@H](C)NC(=O)[C@H](CCCCN)NC(=O)[C@H](CCCCN)NC(=O)[C@H](CC(C)C)NC(=O)[C@H](C)NC(=O)[C@H](CCCCN)NC(=O)[C@H](CC(C)C)NC(=O)[C@H](CC(C)C)NC(=O)[C@H](C)NC(=O)[C@@H](N)Cc1ccccc1)C(=O)O. The van der Waals surface area contributed by atoms with E-state index >= 15 is 0 Å². The van der Waals surface area contributed by atoms with E-state index < -0.39 is 132 Å². The van der Waals surface area contributed by atoms with Crippen LogP contribution < -0.4 is 76.1 Å². The highest BCUT2D eigenvalue weighted by atomic mass is 16.4. The molecule has 1 aromatic carbocycles. The predicted octanol–water partition coefficient (Wildman–Crippen LogP) is 0.120. The number of amides is 10. The minimum Gasteiger partial charge on any atom is -0.480 e. The summed E-state index contributed by atoms with van der Waals surface area (Å²) in [6.07, 6.45) is 3.76. The van der Waals surface area contributed by atoms with Crippen molar-refractivity contribution < 1.29 is 57.8 Å². The van der Waals surface area contributed by atoms with E-state index in [0.29, 0.717) is 45.1 Å². The van der Waals surface area contributed by atoms with Crippen LogP contribution in [0.3, 0.4) is 0 Å². The van der Waals surface area contributed by atoms with E-state index in [9.17, 15) is 57.8 Å². The number of carboxylic acid groups (broad SMARTS) is 1. The van der Waals surface area contributed by atoms with Crippen molar-refractivity contribution in [2.24, 2.45) is 46.6 Å². The van der Waals surface area contributed by atoms with Gasteiger partial charge in [-0.1, -0.05) is 85.7 Å². The van der Waals surface area contributed by atoms with Gasteiger partial charge in [0.15, 0.2) is 0 Å². The molecular weight excluding hydrogens is 1110 g/mol. The fourth-order valence-electron chi connectivity index (χ4n) is 9.17. The summed E-state index contributed by atoms with van der Waals surface area (Å²) in [7, 11) is 0. The number of rotatable bonds is 43. The van der Waals surface area contributed by atoms with E-state index in [0.717, 1.165) is 5.56 Å². The quantitative estimate of drug-likeness (QED) is 0.0386. The van der Waals surface area contributed by atoms with Gasteiger partial charge in [-0.15, -0.1) is 0 Å². The number of hydrogen-bond acceptors (Lipinski definition) is 15. The summed E-state index contributed by atoms with van der Waals surface area (Å²) in [6.45, 7) is 19.7. The molecule has 0 aliphatic rings. The van der Waals surface area contributed by atoms with Gasteiger partial charge in [0.05, 0.1) is 6.04 Å². The zero-order chi connectivity index (χ0) is 65.2. The largest absolute Gasteiger partial charge is 0.480 e.